The summed E-state index contributed by atoms with van der Waals surface area (Å²) in [6.07, 6.45) is 0. The van der Waals surface area contributed by atoms with E-state index >= 15 is 0 Å². The zero-order valence-corrected chi connectivity index (χ0v) is 15.5. The second-order valence-electron chi connectivity index (χ2n) is 4.97. The first-order valence-corrected chi connectivity index (χ1v) is 8.51. The van der Waals surface area contributed by atoms with Crippen molar-refractivity contribution in [3.8, 4) is 11.5 Å². The zero-order valence-electron chi connectivity index (χ0n) is 15.5. The van der Waals surface area contributed by atoms with Crippen molar-refractivity contribution < 1.29 is 33.3 Å². The SMILES string of the molecule is CCOC(=O)C(NC(=O)c1cc(OCC)cc(OCC)c1)C(=O)OCC. The summed E-state index contributed by atoms with van der Waals surface area (Å²) in [6.45, 7) is 7.77. The van der Waals surface area contributed by atoms with Gasteiger partial charge in [-0.2, -0.15) is 0 Å². The van der Waals surface area contributed by atoms with Crippen LogP contribution in [0, 0.1) is 0 Å². The number of carbonyl (C=O) groups excluding carboxylic acids is 3. The number of ether oxygens (including phenoxy) is 4. The Hall–Kier alpha value is -2.77. The fraction of sp³-hybridized carbons (Fsp3) is 0.500. The molecule has 1 rings (SSSR count). The lowest BCUT2D eigenvalue weighted by Crippen LogP contribution is -2.48. The summed E-state index contributed by atoms with van der Waals surface area (Å²) >= 11 is 0. The fourth-order valence-electron chi connectivity index (χ4n) is 2.08. The van der Waals surface area contributed by atoms with Crippen molar-refractivity contribution in [3.05, 3.63) is 23.8 Å². The van der Waals surface area contributed by atoms with E-state index < -0.39 is 23.9 Å². The number of amides is 1. The van der Waals surface area contributed by atoms with Crippen molar-refractivity contribution in [2.24, 2.45) is 0 Å². The Bertz CT molecular complexity index is 588. The third-order valence-electron chi connectivity index (χ3n) is 3.08. The Morgan fingerprint density at radius 2 is 1.27 bits per heavy atom. The van der Waals surface area contributed by atoms with Gasteiger partial charge in [-0.3, -0.25) is 4.79 Å². The van der Waals surface area contributed by atoms with Gasteiger partial charge in [0, 0.05) is 11.6 Å². The summed E-state index contributed by atoms with van der Waals surface area (Å²) in [5, 5.41) is 2.34. The maximum Gasteiger partial charge on any atom is 0.340 e. The number of benzene rings is 1. The highest BCUT2D eigenvalue weighted by atomic mass is 16.6. The van der Waals surface area contributed by atoms with Crippen LogP contribution in [0.1, 0.15) is 38.1 Å². The first kappa shape index (κ1) is 21.3. The molecule has 1 aromatic carbocycles. The third-order valence-corrected chi connectivity index (χ3v) is 3.08. The summed E-state index contributed by atoms with van der Waals surface area (Å²) in [5.74, 6) is -1.55. The Morgan fingerprint density at radius 3 is 1.65 bits per heavy atom. The van der Waals surface area contributed by atoms with E-state index in [-0.39, 0.29) is 18.8 Å². The van der Waals surface area contributed by atoms with Gasteiger partial charge in [0.05, 0.1) is 26.4 Å². The van der Waals surface area contributed by atoms with Crippen molar-refractivity contribution in [2.45, 2.75) is 33.7 Å². The zero-order chi connectivity index (χ0) is 19.5. The predicted octanol–water partition coefficient (Wildman–Crippen LogP) is 1.71. The van der Waals surface area contributed by atoms with Crippen molar-refractivity contribution in [1.82, 2.24) is 5.32 Å². The van der Waals surface area contributed by atoms with Gasteiger partial charge in [-0.1, -0.05) is 0 Å². The molecule has 0 saturated heterocycles. The molecule has 1 amide bonds. The van der Waals surface area contributed by atoms with Gasteiger partial charge in [-0.15, -0.1) is 0 Å². The molecule has 144 valence electrons. The summed E-state index contributed by atoms with van der Waals surface area (Å²) < 4.78 is 20.5. The normalized spacial score (nSPS) is 10.2. The van der Waals surface area contributed by atoms with Crippen molar-refractivity contribution >= 4 is 17.8 Å². The molecule has 1 aromatic rings. The highest BCUT2D eigenvalue weighted by molar-refractivity contribution is 6.05. The van der Waals surface area contributed by atoms with E-state index in [4.69, 9.17) is 18.9 Å². The van der Waals surface area contributed by atoms with Gasteiger partial charge in [0.1, 0.15) is 11.5 Å². The molecule has 8 heteroatoms. The number of hydrogen-bond acceptors (Lipinski definition) is 7. The van der Waals surface area contributed by atoms with Crippen LogP contribution in [0.3, 0.4) is 0 Å². The molecule has 0 aliphatic heterocycles. The standard InChI is InChI=1S/C18H25NO7/c1-5-23-13-9-12(10-14(11-13)24-6-2)16(20)19-15(17(21)25-7-3)18(22)26-8-4/h9-11,15H,5-8H2,1-4H3,(H,19,20). The lowest BCUT2D eigenvalue weighted by Gasteiger charge is -2.16. The van der Waals surface area contributed by atoms with Gasteiger partial charge >= 0.3 is 11.9 Å². The van der Waals surface area contributed by atoms with Gasteiger partial charge in [-0.25, -0.2) is 9.59 Å². The molecule has 0 radical (unpaired) electrons. The van der Waals surface area contributed by atoms with E-state index in [1.807, 2.05) is 13.8 Å². The molecule has 0 saturated carbocycles. The topological polar surface area (TPSA) is 100 Å². The lowest BCUT2D eigenvalue weighted by molar-refractivity contribution is -0.157. The van der Waals surface area contributed by atoms with Crippen molar-refractivity contribution in [1.29, 1.82) is 0 Å². The van der Waals surface area contributed by atoms with Crippen LogP contribution in [-0.2, 0) is 19.1 Å². The summed E-state index contributed by atoms with van der Waals surface area (Å²) in [5.41, 5.74) is 0.179. The molecule has 0 bridgehead atoms. The van der Waals surface area contributed by atoms with Crippen molar-refractivity contribution in [2.75, 3.05) is 26.4 Å². The van der Waals surface area contributed by atoms with Gasteiger partial charge in [0.2, 0.25) is 6.04 Å². The van der Waals surface area contributed by atoms with E-state index in [0.717, 1.165) is 0 Å². The molecule has 0 aromatic heterocycles. The highest BCUT2D eigenvalue weighted by Gasteiger charge is 2.31. The van der Waals surface area contributed by atoms with Gasteiger partial charge in [0.25, 0.3) is 5.91 Å². The van der Waals surface area contributed by atoms with Gasteiger partial charge in [-0.05, 0) is 39.8 Å². The Kier molecular flexibility index (Phi) is 8.97. The molecule has 0 heterocycles. The fourth-order valence-corrected chi connectivity index (χ4v) is 2.08. The smallest absolute Gasteiger partial charge is 0.340 e. The quantitative estimate of drug-likeness (QED) is 0.496. The largest absolute Gasteiger partial charge is 0.494 e. The molecule has 0 atom stereocenters. The maximum absolute atomic E-state index is 12.5. The number of esters is 2. The molecule has 0 fully saturated rings. The molecule has 0 spiro atoms. The molecule has 0 unspecified atom stereocenters. The number of carbonyl (C=O) groups is 3. The Balaban J connectivity index is 3.06. The molecular formula is C18H25NO7. The lowest BCUT2D eigenvalue weighted by atomic mass is 10.1. The average Bonchev–Trinajstić information content (AvgIpc) is 2.60. The van der Waals surface area contributed by atoms with Crippen LogP contribution in [0.2, 0.25) is 0 Å². The van der Waals surface area contributed by atoms with Crippen LogP contribution in [0.5, 0.6) is 11.5 Å². The molecule has 26 heavy (non-hydrogen) atoms. The van der Waals surface area contributed by atoms with Crippen LogP contribution in [0.15, 0.2) is 18.2 Å². The maximum atomic E-state index is 12.5. The molecule has 8 nitrogen and oxygen atoms in total. The average molecular weight is 367 g/mol. The van der Waals surface area contributed by atoms with E-state index in [9.17, 15) is 14.4 Å². The third kappa shape index (κ3) is 6.27. The first-order chi connectivity index (χ1) is 12.5. The van der Waals surface area contributed by atoms with E-state index in [2.05, 4.69) is 5.32 Å². The second kappa shape index (κ2) is 11.0. The minimum atomic E-state index is -1.55. The van der Waals surface area contributed by atoms with Crippen LogP contribution < -0.4 is 14.8 Å². The highest BCUT2D eigenvalue weighted by Crippen LogP contribution is 2.23. The predicted molar refractivity (Wildman–Crippen MR) is 93.3 cm³/mol. The molecule has 0 aliphatic rings. The van der Waals surface area contributed by atoms with Crippen LogP contribution in [-0.4, -0.2) is 50.3 Å². The molecule has 0 aliphatic carbocycles. The minimum Gasteiger partial charge on any atom is -0.494 e. The van der Waals surface area contributed by atoms with Crippen LogP contribution in [0.25, 0.3) is 0 Å². The minimum absolute atomic E-state index is 0.0684. The van der Waals surface area contributed by atoms with E-state index in [0.29, 0.717) is 24.7 Å². The van der Waals surface area contributed by atoms with Gasteiger partial charge < -0.3 is 24.3 Å². The summed E-state index contributed by atoms with van der Waals surface area (Å²) in [6, 6.07) is 3.09. The number of hydrogen-bond donors (Lipinski definition) is 1. The molecular weight excluding hydrogens is 342 g/mol. The van der Waals surface area contributed by atoms with Crippen molar-refractivity contribution in [3.63, 3.8) is 0 Å². The summed E-state index contributed by atoms with van der Waals surface area (Å²) in [7, 11) is 0. The first-order valence-electron chi connectivity index (χ1n) is 8.51. The number of rotatable bonds is 10. The summed E-state index contributed by atoms with van der Waals surface area (Å²) in [4.78, 5) is 36.5. The number of nitrogens with one attached hydrogen (secondary N) is 1. The second-order valence-corrected chi connectivity index (χ2v) is 4.97. The van der Waals surface area contributed by atoms with E-state index in [1.54, 1.807) is 19.9 Å². The molecule has 1 N–H and O–H groups in total. The van der Waals surface area contributed by atoms with Gasteiger partial charge in [0.15, 0.2) is 0 Å². The monoisotopic (exact) mass is 367 g/mol. The Labute approximate surface area is 152 Å². The van der Waals surface area contributed by atoms with Crippen LogP contribution >= 0.6 is 0 Å². The van der Waals surface area contributed by atoms with Crippen LogP contribution in [0.4, 0.5) is 0 Å². The van der Waals surface area contributed by atoms with E-state index in [1.165, 1.54) is 12.1 Å². The Morgan fingerprint density at radius 1 is 0.808 bits per heavy atom.